The van der Waals surface area contributed by atoms with Gasteiger partial charge in [0.25, 0.3) is 0 Å². The summed E-state index contributed by atoms with van der Waals surface area (Å²) >= 11 is 0. The van der Waals surface area contributed by atoms with Crippen molar-refractivity contribution in [1.82, 2.24) is 0 Å². The minimum Gasteiger partial charge on any atom is -0.466 e. The molecular weight excluding hydrogens is 328 g/mol. The molecule has 0 saturated heterocycles. The quantitative estimate of drug-likeness (QED) is 0.605. The van der Waals surface area contributed by atoms with Crippen LogP contribution in [0.25, 0.3) is 0 Å². The highest BCUT2D eigenvalue weighted by Crippen LogP contribution is 2.53. The van der Waals surface area contributed by atoms with Gasteiger partial charge in [-0.15, -0.1) is 0 Å². The van der Waals surface area contributed by atoms with Gasteiger partial charge in [0.1, 0.15) is 0 Å². The molecule has 0 amide bonds. The summed E-state index contributed by atoms with van der Waals surface area (Å²) in [5.41, 5.74) is 1.98. The standard InChI is InChI=1S/C22H26O4/c1-2-26-21(23)20-13-22(20,16-24-14-18-9-5-3-6-10-18)17-25-15-19-11-7-4-8-12-19/h3-12,20H,2,13-17H2,1H3. The predicted molar refractivity (Wildman–Crippen MR) is 99.4 cm³/mol. The second-order valence-corrected chi connectivity index (χ2v) is 6.83. The van der Waals surface area contributed by atoms with E-state index in [9.17, 15) is 4.79 Å². The van der Waals surface area contributed by atoms with E-state index in [0.717, 1.165) is 17.5 Å². The van der Waals surface area contributed by atoms with E-state index in [2.05, 4.69) is 0 Å². The van der Waals surface area contributed by atoms with E-state index in [1.54, 1.807) is 0 Å². The third kappa shape index (κ3) is 4.93. The topological polar surface area (TPSA) is 44.8 Å². The van der Waals surface area contributed by atoms with E-state index in [4.69, 9.17) is 14.2 Å². The van der Waals surface area contributed by atoms with Gasteiger partial charge in [-0.1, -0.05) is 60.7 Å². The van der Waals surface area contributed by atoms with Crippen molar-refractivity contribution < 1.29 is 19.0 Å². The van der Waals surface area contributed by atoms with Crippen LogP contribution in [0.15, 0.2) is 60.7 Å². The Kier molecular flexibility index (Phi) is 6.42. The SMILES string of the molecule is CCOC(=O)C1CC1(COCc1ccccc1)COCc1ccccc1. The predicted octanol–water partition coefficient (Wildman–Crippen LogP) is 3.99. The molecule has 1 atom stereocenters. The minimum atomic E-state index is -0.268. The van der Waals surface area contributed by atoms with Crippen molar-refractivity contribution in [2.45, 2.75) is 26.6 Å². The van der Waals surface area contributed by atoms with E-state index in [1.807, 2.05) is 67.6 Å². The van der Waals surface area contributed by atoms with Crippen LogP contribution in [0, 0.1) is 11.3 Å². The first-order valence-corrected chi connectivity index (χ1v) is 9.13. The maximum atomic E-state index is 12.2. The van der Waals surface area contributed by atoms with Crippen LogP contribution < -0.4 is 0 Å². The van der Waals surface area contributed by atoms with Gasteiger partial charge in [-0.3, -0.25) is 4.79 Å². The summed E-state index contributed by atoms with van der Waals surface area (Å²) in [6.07, 6.45) is 0.759. The molecule has 0 bridgehead atoms. The summed E-state index contributed by atoms with van der Waals surface area (Å²) in [6, 6.07) is 20.1. The Labute approximate surface area is 155 Å². The van der Waals surface area contributed by atoms with Gasteiger partial charge < -0.3 is 14.2 Å². The number of hydrogen-bond donors (Lipinski definition) is 0. The fourth-order valence-electron chi connectivity index (χ4n) is 3.18. The molecule has 0 radical (unpaired) electrons. The Morgan fingerprint density at radius 1 is 0.923 bits per heavy atom. The first-order chi connectivity index (χ1) is 12.7. The highest BCUT2D eigenvalue weighted by molar-refractivity contribution is 5.77. The fourth-order valence-corrected chi connectivity index (χ4v) is 3.18. The molecule has 0 N–H and O–H groups in total. The second kappa shape index (κ2) is 8.97. The number of benzene rings is 2. The maximum Gasteiger partial charge on any atom is 0.309 e. The fraction of sp³-hybridized carbons (Fsp3) is 0.409. The molecule has 1 aliphatic carbocycles. The summed E-state index contributed by atoms with van der Waals surface area (Å²) in [5.74, 6) is -0.270. The van der Waals surface area contributed by atoms with Crippen molar-refractivity contribution in [2.75, 3.05) is 19.8 Å². The van der Waals surface area contributed by atoms with Crippen molar-refractivity contribution in [1.29, 1.82) is 0 Å². The number of hydrogen-bond acceptors (Lipinski definition) is 4. The van der Waals surface area contributed by atoms with Gasteiger partial charge in [-0.05, 0) is 24.5 Å². The lowest BCUT2D eigenvalue weighted by atomic mass is 10.1. The summed E-state index contributed by atoms with van der Waals surface area (Å²) in [5, 5.41) is 0. The minimum absolute atomic E-state index is 0.131. The first-order valence-electron chi connectivity index (χ1n) is 9.13. The molecule has 0 aliphatic heterocycles. The normalized spacial score (nSPS) is 17.7. The van der Waals surface area contributed by atoms with Gasteiger partial charge in [0.2, 0.25) is 0 Å². The van der Waals surface area contributed by atoms with Crippen molar-refractivity contribution in [3.8, 4) is 0 Å². The monoisotopic (exact) mass is 354 g/mol. The molecule has 1 unspecified atom stereocenters. The van der Waals surface area contributed by atoms with E-state index in [1.165, 1.54) is 0 Å². The van der Waals surface area contributed by atoms with Gasteiger partial charge in [-0.25, -0.2) is 0 Å². The molecule has 3 rings (SSSR count). The van der Waals surface area contributed by atoms with E-state index < -0.39 is 0 Å². The average molecular weight is 354 g/mol. The van der Waals surface area contributed by atoms with Crippen LogP contribution in [0.2, 0.25) is 0 Å². The Morgan fingerprint density at radius 3 is 1.88 bits per heavy atom. The van der Waals surface area contributed by atoms with Crippen LogP contribution in [0.5, 0.6) is 0 Å². The highest BCUT2D eigenvalue weighted by atomic mass is 16.5. The van der Waals surface area contributed by atoms with Gasteiger partial charge >= 0.3 is 5.97 Å². The van der Waals surface area contributed by atoms with E-state index >= 15 is 0 Å². The lowest BCUT2D eigenvalue weighted by Gasteiger charge is -2.18. The van der Waals surface area contributed by atoms with E-state index in [0.29, 0.717) is 33.0 Å². The Balaban J connectivity index is 1.53. The number of carbonyl (C=O) groups excluding carboxylic acids is 1. The van der Waals surface area contributed by atoms with Crippen molar-refractivity contribution in [2.24, 2.45) is 11.3 Å². The first kappa shape index (κ1) is 18.6. The second-order valence-electron chi connectivity index (χ2n) is 6.83. The Bertz CT molecular complexity index is 638. The lowest BCUT2D eigenvalue weighted by Crippen LogP contribution is -2.24. The van der Waals surface area contributed by atoms with Crippen LogP contribution >= 0.6 is 0 Å². The molecule has 0 aromatic heterocycles. The van der Waals surface area contributed by atoms with Crippen molar-refractivity contribution >= 4 is 5.97 Å². The largest absolute Gasteiger partial charge is 0.466 e. The highest BCUT2D eigenvalue weighted by Gasteiger charge is 2.59. The van der Waals surface area contributed by atoms with Crippen LogP contribution in [-0.2, 0) is 32.2 Å². The number of carbonyl (C=O) groups is 1. The Morgan fingerprint density at radius 2 is 1.42 bits per heavy atom. The van der Waals surface area contributed by atoms with Gasteiger partial charge in [-0.2, -0.15) is 0 Å². The molecular formula is C22H26O4. The number of rotatable bonds is 10. The molecule has 2 aromatic carbocycles. The number of esters is 1. The molecule has 1 aliphatic rings. The zero-order chi connectivity index (χ0) is 18.2. The van der Waals surface area contributed by atoms with Crippen molar-refractivity contribution in [3.05, 3.63) is 71.8 Å². The van der Waals surface area contributed by atoms with Gasteiger partial charge in [0, 0.05) is 5.41 Å². The molecule has 1 saturated carbocycles. The molecule has 1 fully saturated rings. The molecule has 138 valence electrons. The maximum absolute atomic E-state index is 12.2. The summed E-state index contributed by atoms with van der Waals surface area (Å²) in [4.78, 5) is 12.2. The van der Waals surface area contributed by atoms with Crippen molar-refractivity contribution in [3.63, 3.8) is 0 Å². The third-order valence-electron chi connectivity index (χ3n) is 4.76. The molecule has 0 spiro atoms. The summed E-state index contributed by atoms with van der Waals surface area (Å²) in [6.45, 7) is 4.31. The third-order valence-corrected chi connectivity index (χ3v) is 4.76. The summed E-state index contributed by atoms with van der Waals surface area (Å²) < 4.78 is 17.0. The molecule has 4 nitrogen and oxygen atoms in total. The molecule has 4 heteroatoms. The zero-order valence-corrected chi connectivity index (χ0v) is 15.2. The smallest absolute Gasteiger partial charge is 0.309 e. The Hall–Kier alpha value is -2.17. The van der Waals surface area contributed by atoms with Crippen LogP contribution in [0.1, 0.15) is 24.5 Å². The molecule has 2 aromatic rings. The number of ether oxygens (including phenoxy) is 3. The van der Waals surface area contributed by atoms with Crippen LogP contribution in [-0.4, -0.2) is 25.8 Å². The van der Waals surface area contributed by atoms with Gasteiger partial charge in [0.05, 0.1) is 39.0 Å². The van der Waals surface area contributed by atoms with Gasteiger partial charge in [0.15, 0.2) is 0 Å². The average Bonchev–Trinajstić information content (AvgIpc) is 3.38. The van der Waals surface area contributed by atoms with E-state index in [-0.39, 0.29) is 17.3 Å². The van der Waals surface area contributed by atoms with Crippen LogP contribution in [0.4, 0.5) is 0 Å². The molecule has 0 heterocycles. The molecule has 26 heavy (non-hydrogen) atoms. The van der Waals surface area contributed by atoms with Crippen LogP contribution in [0.3, 0.4) is 0 Å². The lowest BCUT2D eigenvalue weighted by molar-refractivity contribution is -0.146. The zero-order valence-electron chi connectivity index (χ0n) is 15.2. The summed E-state index contributed by atoms with van der Waals surface area (Å²) in [7, 11) is 0.